The minimum atomic E-state index is 0.268. The number of halogens is 1. The van der Waals surface area contributed by atoms with Gasteiger partial charge in [-0.05, 0) is 30.5 Å². The van der Waals surface area contributed by atoms with Crippen molar-refractivity contribution in [3.63, 3.8) is 0 Å². The molecule has 126 valence electrons. The second kappa shape index (κ2) is 8.27. The van der Waals surface area contributed by atoms with Crippen LogP contribution in [0.2, 0.25) is 0 Å². The van der Waals surface area contributed by atoms with Crippen molar-refractivity contribution in [3.05, 3.63) is 34.3 Å². The fourth-order valence-corrected chi connectivity index (χ4v) is 3.66. The molecule has 1 aromatic carbocycles. The third-order valence-corrected chi connectivity index (χ3v) is 5.46. The summed E-state index contributed by atoms with van der Waals surface area (Å²) in [6, 6.07) is 8.55. The lowest BCUT2D eigenvalue weighted by molar-refractivity contribution is -0.127. The third-order valence-electron chi connectivity index (χ3n) is 4.96. The van der Waals surface area contributed by atoms with Crippen molar-refractivity contribution in [3.8, 4) is 0 Å². The fraction of sp³-hybridized carbons (Fsp3) is 0.611. The molecule has 1 aliphatic carbocycles. The minimum Gasteiger partial charge on any atom is -0.355 e. The molecule has 1 amide bonds. The Hall–Kier alpha value is -0.910. The van der Waals surface area contributed by atoms with Gasteiger partial charge in [0.25, 0.3) is 0 Å². The lowest BCUT2D eigenvalue weighted by Crippen LogP contribution is -2.48. The number of amides is 1. The Kier molecular flexibility index (Phi) is 6.08. The maximum absolute atomic E-state index is 11.8. The molecule has 23 heavy (non-hydrogen) atoms. The van der Waals surface area contributed by atoms with Crippen LogP contribution in [0.25, 0.3) is 0 Å². The van der Waals surface area contributed by atoms with Crippen molar-refractivity contribution in [2.24, 2.45) is 5.92 Å². The molecule has 0 atom stereocenters. The van der Waals surface area contributed by atoms with Crippen molar-refractivity contribution < 1.29 is 4.79 Å². The van der Waals surface area contributed by atoms with Gasteiger partial charge in [0, 0.05) is 56.2 Å². The van der Waals surface area contributed by atoms with E-state index in [0.29, 0.717) is 5.92 Å². The SMILES string of the molecule is O=C(NCCN1CCN(Cc2cccc(Br)c2)CC1)C1CCC1. The molecule has 0 radical (unpaired) electrons. The molecule has 1 aliphatic heterocycles. The number of benzene rings is 1. The smallest absolute Gasteiger partial charge is 0.223 e. The highest BCUT2D eigenvalue weighted by Gasteiger charge is 2.25. The van der Waals surface area contributed by atoms with E-state index in [1.165, 1.54) is 12.0 Å². The Morgan fingerprint density at radius 1 is 1.17 bits per heavy atom. The monoisotopic (exact) mass is 379 g/mol. The van der Waals surface area contributed by atoms with E-state index in [4.69, 9.17) is 0 Å². The number of nitrogens with zero attached hydrogens (tertiary/aromatic N) is 2. The largest absolute Gasteiger partial charge is 0.355 e. The zero-order valence-electron chi connectivity index (χ0n) is 13.6. The second-order valence-electron chi connectivity index (χ2n) is 6.67. The van der Waals surface area contributed by atoms with E-state index < -0.39 is 0 Å². The quantitative estimate of drug-likeness (QED) is 0.824. The molecule has 0 aromatic heterocycles. The van der Waals surface area contributed by atoms with Crippen molar-refractivity contribution in [1.82, 2.24) is 15.1 Å². The molecule has 0 unspecified atom stereocenters. The summed E-state index contributed by atoms with van der Waals surface area (Å²) in [6.45, 7) is 7.17. The van der Waals surface area contributed by atoms with Crippen LogP contribution < -0.4 is 5.32 Å². The van der Waals surface area contributed by atoms with Crippen LogP contribution in [0.3, 0.4) is 0 Å². The van der Waals surface area contributed by atoms with E-state index in [9.17, 15) is 4.79 Å². The average molecular weight is 380 g/mol. The Morgan fingerprint density at radius 3 is 2.57 bits per heavy atom. The first-order valence-electron chi connectivity index (χ1n) is 8.67. The van der Waals surface area contributed by atoms with Crippen LogP contribution in [0.15, 0.2) is 28.7 Å². The van der Waals surface area contributed by atoms with E-state index in [1.807, 2.05) is 0 Å². The van der Waals surface area contributed by atoms with Gasteiger partial charge in [0.05, 0.1) is 0 Å². The normalized spacial score (nSPS) is 20.2. The van der Waals surface area contributed by atoms with Gasteiger partial charge < -0.3 is 5.32 Å². The van der Waals surface area contributed by atoms with E-state index in [-0.39, 0.29) is 5.91 Å². The van der Waals surface area contributed by atoms with Crippen LogP contribution in [0.1, 0.15) is 24.8 Å². The number of rotatable bonds is 6. The topological polar surface area (TPSA) is 35.6 Å². The summed E-state index contributed by atoms with van der Waals surface area (Å²) in [5, 5.41) is 3.09. The lowest BCUT2D eigenvalue weighted by Gasteiger charge is -2.35. The van der Waals surface area contributed by atoms with Crippen LogP contribution in [0, 0.1) is 5.92 Å². The van der Waals surface area contributed by atoms with Crippen LogP contribution in [-0.4, -0.2) is 55.0 Å². The molecule has 2 aliphatic rings. The molecule has 1 N–H and O–H groups in total. The first kappa shape index (κ1) is 16.9. The standard InChI is InChI=1S/C18H26BrN3O/c19-17-6-1-3-15(13-17)14-22-11-9-21(10-12-22)8-7-20-18(23)16-4-2-5-16/h1,3,6,13,16H,2,4-5,7-12,14H2,(H,20,23). The molecule has 5 heteroatoms. The third kappa shape index (κ3) is 5.03. The van der Waals surface area contributed by atoms with Gasteiger partial charge in [0.1, 0.15) is 0 Å². The van der Waals surface area contributed by atoms with Gasteiger partial charge in [-0.15, -0.1) is 0 Å². The molecule has 1 heterocycles. The Bertz CT molecular complexity index is 525. The molecular weight excluding hydrogens is 354 g/mol. The van der Waals surface area contributed by atoms with Crippen LogP contribution in [0.4, 0.5) is 0 Å². The van der Waals surface area contributed by atoms with Gasteiger partial charge >= 0.3 is 0 Å². The van der Waals surface area contributed by atoms with Crippen LogP contribution >= 0.6 is 15.9 Å². The van der Waals surface area contributed by atoms with Gasteiger partial charge in [0.2, 0.25) is 5.91 Å². The zero-order chi connectivity index (χ0) is 16.1. The summed E-state index contributed by atoms with van der Waals surface area (Å²) >= 11 is 3.53. The molecule has 3 rings (SSSR count). The molecule has 1 saturated carbocycles. The highest BCUT2D eigenvalue weighted by atomic mass is 79.9. The van der Waals surface area contributed by atoms with Crippen molar-refractivity contribution in [2.45, 2.75) is 25.8 Å². The van der Waals surface area contributed by atoms with Gasteiger partial charge in [-0.2, -0.15) is 0 Å². The average Bonchev–Trinajstić information content (AvgIpc) is 2.47. The number of hydrogen-bond acceptors (Lipinski definition) is 3. The summed E-state index contributed by atoms with van der Waals surface area (Å²) < 4.78 is 1.15. The van der Waals surface area contributed by atoms with Crippen molar-refractivity contribution >= 4 is 21.8 Å². The summed E-state index contributed by atoms with van der Waals surface area (Å²) in [4.78, 5) is 16.8. The number of carbonyl (C=O) groups is 1. The predicted molar refractivity (Wildman–Crippen MR) is 96.2 cm³/mol. The molecule has 0 bridgehead atoms. The van der Waals surface area contributed by atoms with Gasteiger partial charge in [-0.3, -0.25) is 14.6 Å². The van der Waals surface area contributed by atoms with Crippen LogP contribution in [0.5, 0.6) is 0 Å². The summed E-state index contributed by atoms with van der Waals surface area (Å²) in [7, 11) is 0. The maximum atomic E-state index is 11.8. The first-order chi connectivity index (χ1) is 11.2. The van der Waals surface area contributed by atoms with E-state index in [2.05, 4.69) is 55.3 Å². The Labute approximate surface area is 147 Å². The number of carbonyl (C=O) groups excluding carboxylic acids is 1. The van der Waals surface area contributed by atoms with Gasteiger partial charge in [-0.25, -0.2) is 0 Å². The molecule has 1 saturated heterocycles. The lowest BCUT2D eigenvalue weighted by atomic mass is 9.85. The number of nitrogens with one attached hydrogen (secondary N) is 1. The summed E-state index contributed by atoms with van der Waals surface area (Å²) in [5.74, 6) is 0.571. The fourth-order valence-electron chi connectivity index (χ4n) is 3.22. The van der Waals surface area contributed by atoms with Gasteiger partial charge in [0.15, 0.2) is 0 Å². The highest BCUT2D eigenvalue weighted by molar-refractivity contribution is 9.10. The summed E-state index contributed by atoms with van der Waals surface area (Å²) in [5.41, 5.74) is 1.36. The molecule has 1 aromatic rings. The highest BCUT2D eigenvalue weighted by Crippen LogP contribution is 2.26. The Balaban J connectivity index is 1.33. The molecule has 4 nitrogen and oxygen atoms in total. The number of hydrogen-bond donors (Lipinski definition) is 1. The molecule has 2 fully saturated rings. The second-order valence-corrected chi connectivity index (χ2v) is 7.58. The van der Waals surface area contributed by atoms with Gasteiger partial charge in [-0.1, -0.05) is 34.5 Å². The van der Waals surface area contributed by atoms with E-state index in [0.717, 1.165) is 63.1 Å². The zero-order valence-corrected chi connectivity index (χ0v) is 15.2. The maximum Gasteiger partial charge on any atom is 0.223 e. The molecular formula is C18H26BrN3O. The van der Waals surface area contributed by atoms with Crippen molar-refractivity contribution in [2.75, 3.05) is 39.3 Å². The minimum absolute atomic E-state index is 0.268. The predicted octanol–water partition coefficient (Wildman–Crippen LogP) is 2.48. The summed E-state index contributed by atoms with van der Waals surface area (Å²) in [6.07, 6.45) is 3.39. The first-order valence-corrected chi connectivity index (χ1v) is 9.47. The number of piperazine rings is 1. The molecule has 0 spiro atoms. The van der Waals surface area contributed by atoms with Crippen molar-refractivity contribution in [1.29, 1.82) is 0 Å². The van der Waals surface area contributed by atoms with E-state index >= 15 is 0 Å². The van der Waals surface area contributed by atoms with Crippen LogP contribution in [-0.2, 0) is 11.3 Å². The Morgan fingerprint density at radius 2 is 1.91 bits per heavy atom. The van der Waals surface area contributed by atoms with E-state index in [1.54, 1.807) is 0 Å².